The Hall–Kier alpha value is -3.34. The third-order valence-electron chi connectivity index (χ3n) is 5.98. The van der Waals surface area contributed by atoms with Crippen LogP contribution in [0.2, 0.25) is 0 Å². The van der Waals surface area contributed by atoms with Crippen LogP contribution in [0.3, 0.4) is 0 Å². The van der Waals surface area contributed by atoms with Gasteiger partial charge in [0.15, 0.2) is 12.4 Å². The van der Waals surface area contributed by atoms with E-state index in [9.17, 15) is 19.2 Å². The van der Waals surface area contributed by atoms with Crippen molar-refractivity contribution in [2.75, 3.05) is 27.9 Å². The van der Waals surface area contributed by atoms with E-state index < -0.39 is 29.3 Å². The summed E-state index contributed by atoms with van der Waals surface area (Å²) < 4.78 is 10.1. The van der Waals surface area contributed by atoms with Gasteiger partial charge in [-0.1, -0.05) is 30.1 Å². The summed E-state index contributed by atoms with van der Waals surface area (Å²) in [5.41, 5.74) is 0.203. The van der Waals surface area contributed by atoms with E-state index in [1.54, 1.807) is 44.2 Å². The van der Waals surface area contributed by atoms with Gasteiger partial charge in [0.1, 0.15) is 11.3 Å². The molecule has 2 aromatic rings. The zero-order valence-corrected chi connectivity index (χ0v) is 19.8. The van der Waals surface area contributed by atoms with Gasteiger partial charge in [-0.25, -0.2) is 0 Å². The van der Waals surface area contributed by atoms with Gasteiger partial charge in [0.05, 0.1) is 22.4 Å². The summed E-state index contributed by atoms with van der Waals surface area (Å²) in [6.45, 7) is 2.88. The fraction of sp³-hybridized carbons (Fsp3) is 0.435. The normalized spacial score (nSPS) is 17.1. The van der Waals surface area contributed by atoms with Crippen LogP contribution in [0.5, 0.6) is 0 Å². The molecule has 2 heterocycles. The van der Waals surface area contributed by atoms with Crippen LogP contribution < -0.4 is 15.5 Å². The third-order valence-corrected chi connectivity index (χ3v) is 7.10. The van der Waals surface area contributed by atoms with Gasteiger partial charge < -0.3 is 19.9 Å². The second-order valence-electron chi connectivity index (χ2n) is 8.37. The number of thioether (sulfide) groups is 1. The fourth-order valence-corrected chi connectivity index (χ4v) is 4.98. The smallest absolute Gasteiger partial charge is 0.316 e. The van der Waals surface area contributed by atoms with Gasteiger partial charge in [0.2, 0.25) is 5.91 Å². The number of rotatable bonds is 7. The SMILES string of the molecule is Cc1cc(NC(=O)[C@H](C)SCC(=O)OCC(=O)N2c3ccccc3NC(=O)C23CCCC3)no1. The number of benzene rings is 1. The second-order valence-corrected chi connectivity index (χ2v) is 9.69. The van der Waals surface area contributed by atoms with E-state index in [1.165, 1.54) is 4.90 Å². The number of hydrogen-bond acceptors (Lipinski definition) is 8. The van der Waals surface area contributed by atoms with Gasteiger partial charge >= 0.3 is 5.97 Å². The number of amides is 3. The van der Waals surface area contributed by atoms with E-state index in [2.05, 4.69) is 15.8 Å². The monoisotopic (exact) mass is 486 g/mol. The molecule has 10 nitrogen and oxygen atoms in total. The summed E-state index contributed by atoms with van der Waals surface area (Å²) in [5, 5.41) is 8.66. The number of para-hydroxylation sites is 2. The summed E-state index contributed by atoms with van der Waals surface area (Å²) in [6.07, 6.45) is 2.79. The van der Waals surface area contributed by atoms with Crippen molar-refractivity contribution in [1.82, 2.24) is 5.16 Å². The number of carbonyl (C=O) groups is 4. The Kier molecular flexibility index (Phi) is 6.92. The lowest BCUT2D eigenvalue weighted by atomic mass is 9.90. The topological polar surface area (TPSA) is 131 Å². The van der Waals surface area contributed by atoms with Crippen molar-refractivity contribution in [2.24, 2.45) is 0 Å². The van der Waals surface area contributed by atoms with E-state index >= 15 is 0 Å². The Labute approximate surface area is 200 Å². The van der Waals surface area contributed by atoms with Crippen molar-refractivity contribution in [1.29, 1.82) is 0 Å². The van der Waals surface area contributed by atoms with Crippen LogP contribution >= 0.6 is 11.8 Å². The molecule has 1 spiro atoms. The molecule has 1 aliphatic heterocycles. The molecule has 0 bridgehead atoms. The maximum Gasteiger partial charge on any atom is 0.316 e. The average Bonchev–Trinajstić information content (AvgIpc) is 3.46. The molecule has 1 aromatic heterocycles. The first-order valence-corrected chi connectivity index (χ1v) is 12.1. The van der Waals surface area contributed by atoms with Crippen LogP contribution in [-0.2, 0) is 23.9 Å². The van der Waals surface area contributed by atoms with Crippen LogP contribution in [0.15, 0.2) is 34.9 Å². The molecule has 0 saturated heterocycles. The number of hydrogen-bond donors (Lipinski definition) is 2. The number of aryl methyl sites for hydroxylation is 1. The van der Waals surface area contributed by atoms with Crippen LogP contribution in [0, 0.1) is 6.92 Å². The van der Waals surface area contributed by atoms with Crippen LogP contribution in [0.1, 0.15) is 38.4 Å². The maximum absolute atomic E-state index is 13.2. The third kappa shape index (κ3) is 4.79. The van der Waals surface area contributed by atoms with Crippen molar-refractivity contribution < 1.29 is 28.4 Å². The number of anilines is 3. The van der Waals surface area contributed by atoms with Crippen molar-refractivity contribution >= 4 is 52.6 Å². The Bertz CT molecular complexity index is 1110. The lowest BCUT2D eigenvalue weighted by Gasteiger charge is -2.44. The summed E-state index contributed by atoms with van der Waals surface area (Å²) >= 11 is 1.08. The van der Waals surface area contributed by atoms with Crippen LogP contribution in [0.4, 0.5) is 17.2 Å². The van der Waals surface area contributed by atoms with E-state index in [4.69, 9.17) is 9.26 Å². The quantitative estimate of drug-likeness (QED) is 0.571. The van der Waals surface area contributed by atoms with Crippen molar-refractivity contribution in [3.8, 4) is 0 Å². The van der Waals surface area contributed by atoms with E-state index in [-0.39, 0.29) is 17.6 Å². The zero-order valence-electron chi connectivity index (χ0n) is 19.0. The molecular weight excluding hydrogens is 460 g/mol. The Morgan fingerprint density at radius 2 is 2.03 bits per heavy atom. The number of ether oxygens (including phenoxy) is 1. The average molecular weight is 487 g/mol. The number of nitrogens with one attached hydrogen (secondary N) is 2. The molecule has 11 heteroatoms. The molecule has 3 amide bonds. The van der Waals surface area contributed by atoms with Crippen LogP contribution in [0.25, 0.3) is 0 Å². The van der Waals surface area contributed by atoms with Gasteiger partial charge in [-0.05, 0) is 38.8 Å². The molecule has 1 aromatic carbocycles. The van der Waals surface area contributed by atoms with Crippen molar-refractivity contribution in [2.45, 2.75) is 50.3 Å². The molecule has 2 aliphatic rings. The molecule has 1 saturated carbocycles. The lowest BCUT2D eigenvalue weighted by molar-refractivity contribution is -0.145. The zero-order chi connectivity index (χ0) is 24.3. The molecule has 1 fully saturated rings. The second kappa shape index (κ2) is 9.88. The minimum absolute atomic E-state index is 0.109. The van der Waals surface area contributed by atoms with Crippen molar-refractivity contribution in [3.05, 3.63) is 36.1 Å². The molecule has 4 rings (SSSR count). The van der Waals surface area contributed by atoms with E-state index in [1.807, 2.05) is 0 Å². The standard InChI is InChI=1S/C23H26N4O6S/c1-14-11-18(26-33-14)25-21(30)15(2)34-13-20(29)32-12-19(28)27-17-8-4-3-7-16(17)24-22(31)23(27)9-5-6-10-23/h3-4,7-8,11,15H,5-6,9-10,12-13H2,1-2H3,(H,24,31)(H,25,26,30)/t15-/m0/s1. The highest BCUT2D eigenvalue weighted by Crippen LogP contribution is 2.45. The Balaban J connectivity index is 1.34. The number of fused-ring (bicyclic) bond motifs is 1. The number of esters is 1. The van der Waals surface area contributed by atoms with Gasteiger partial charge in [-0.2, -0.15) is 0 Å². The van der Waals surface area contributed by atoms with Crippen LogP contribution in [-0.4, -0.2) is 52.0 Å². The van der Waals surface area contributed by atoms with E-state index in [0.29, 0.717) is 35.8 Å². The van der Waals surface area contributed by atoms with Gasteiger partial charge in [0, 0.05) is 6.07 Å². The summed E-state index contributed by atoms with van der Waals surface area (Å²) in [7, 11) is 0. The summed E-state index contributed by atoms with van der Waals surface area (Å²) in [5.74, 6) is -0.850. The Morgan fingerprint density at radius 3 is 2.74 bits per heavy atom. The lowest BCUT2D eigenvalue weighted by Crippen LogP contribution is -2.61. The Morgan fingerprint density at radius 1 is 1.29 bits per heavy atom. The minimum atomic E-state index is -0.960. The molecular formula is C23H26N4O6S. The highest BCUT2D eigenvalue weighted by atomic mass is 32.2. The first kappa shape index (κ1) is 23.8. The molecule has 0 radical (unpaired) electrons. The summed E-state index contributed by atoms with van der Waals surface area (Å²) in [6, 6.07) is 8.69. The first-order valence-electron chi connectivity index (χ1n) is 11.0. The minimum Gasteiger partial charge on any atom is -0.455 e. The highest BCUT2D eigenvalue weighted by Gasteiger charge is 2.52. The fourth-order valence-electron chi connectivity index (χ4n) is 4.30. The number of aromatic nitrogens is 1. The molecule has 1 aliphatic carbocycles. The molecule has 1 atom stereocenters. The summed E-state index contributed by atoms with van der Waals surface area (Å²) in [4.78, 5) is 52.2. The predicted molar refractivity (Wildman–Crippen MR) is 127 cm³/mol. The highest BCUT2D eigenvalue weighted by molar-refractivity contribution is 8.01. The number of nitrogens with zero attached hydrogens (tertiary/aromatic N) is 2. The molecule has 34 heavy (non-hydrogen) atoms. The van der Waals surface area contributed by atoms with Gasteiger partial charge in [-0.3, -0.25) is 24.1 Å². The van der Waals surface area contributed by atoms with E-state index in [0.717, 1.165) is 24.6 Å². The van der Waals surface area contributed by atoms with Crippen molar-refractivity contribution in [3.63, 3.8) is 0 Å². The molecule has 0 unspecified atom stereocenters. The number of carbonyl (C=O) groups excluding carboxylic acids is 4. The largest absolute Gasteiger partial charge is 0.455 e. The predicted octanol–water partition coefficient (Wildman–Crippen LogP) is 2.88. The van der Waals surface area contributed by atoms with Gasteiger partial charge in [0.25, 0.3) is 11.8 Å². The molecule has 2 N–H and O–H groups in total. The maximum atomic E-state index is 13.2. The van der Waals surface area contributed by atoms with Gasteiger partial charge in [-0.15, -0.1) is 11.8 Å². The first-order chi connectivity index (χ1) is 16.3. The molecule has 180 valence electrons.